The summed E-state index contributed by atoms with van der Waals surface area (Å²) >= 11 is 0. The lowest BCUT2D eigenvalue weighted by atomic mass is 10.2. The number of anilines is 2. The highest BCUT2D eigenvalue weighted by Crippen LogP contribution is 2.31. The van der Waals surface area contributed by atoms with Crippen LogP contribution in [0.15, 0.2) is 88.7 Å². The Kier molecular flexibility index (Phi) is 5.77. The van der Waals surface area contributed by atoms with E-state index in [-0.39, 0.29) is 21.2 Å². The number of hydrogen-bond acceptors (Lipinski definition) is 4. The summed E-state index contributed by atoms with van der Waals surface area (Å²) in [5.41, 5.74) is -1.31. The fraction of sp³-hybridized carbons (Fsp3) is 0.0526. The number of benzene rings is 3. The molecule has 0 aliphatic carbocycles. The Morgan fingerprint density at radius 2 is 1.10 bits per heavy atom. The smallest absolute Gasteiger partial charge is 0.280 e. The Morgan fingerprint density at radius 1 is 0.600 bits per heavy atom. The van der Waals surface area contributed by atoms with E-state index in [1.54, 1.807) is 6.07 Å². The maximum atomic E-state index is 12.8. The molecule has 0 bridgehead atoms. The SMILES string of the molecule is O=S(=O)(Nc1cccc(S(=O)(=O)Nc2cccc(C(F)(F)F)c2)c1)c1ccccc1. The molecule has 0 amide bonds. The molecule has 0 unspecified atom stereocenters. The fourth-order valence-electron chi connectivity index (χ4n) is 2.51. The zero-order chi connectivity index (χ0) is 22.0. The summed E-state index contributed by atoms with van der Waals surface area (Å²) in [6.45, 7) is 0. The van der Waals surface area contributed by atoms with E-state index < -0.39 is 31.8 Å². The van der Waals surface area contributed by atoms with Gasteiger partial charge in [0.25, 0.3) is 20.0 Å². The minimum absolute atomic E-state index is 0.0136. The highest BCUT2D eigenvalue weighted by Gasteiger charge is 2.30. The molecule has 0 atom stereocenters. The Labute approximate surface area is 171 Å². The van der Waals surface area contributed by atoms with Gasteiger partial charge in [-0.2, -0.15) is 13.2 Å². The van der Waals surface area contributed by atoms with Gasteiger partial charge in [0.1, 0.15) is 0 Å². The molecule has 158 valence electrons. The van der Waals surface area contributed by atoms with Crippen molar-refractivity contribution < 1.29 is 30.0 Å². The van der Waals surface area contributed by atoms with Gasteiger partial charge in [0.15, 0.2) is 0 Å². The largest absolute Gasteiger partial charge is 0.416 e. The number of nitrogens with one attached hydrogen (secondary N) is 2. The van der Waals surface area contributed by atoms with Crippen molar-refractivity contribution in [2.75, 3.05) is 9.44 Å². The molecule has 3 aromatic carbocycles. The van der Waals surface area contributed by atoms with E-state index in [0.29, 0.717) is 6.07 Å². The van der Waals surface area contributed by atoms with Crippen LogP contribution in [0, 0.1) is 0 Å². The first-order chi connectivity index (χ1) is 14.0. The standard InChI is InChI=1S/C19H15F3N2O4S2/c20-19(21,22)14-6-4-7-15(12-14)23-30(27,28)18-11-5-8-16(13-18)24-29(25,26)17-9-2-1-3-10-17/h1-13,23-24H. The Balaban J connectivity index is 1.86. The first-order valence-electron chi connectivity index (χ1n) is 8.35. The summed E-state index contributed by atoms with van der Waals surface area (Å²) in [5.74, 6) is 0. The minimum atomic E-state index is -4.63. The van der Waals surface area contributed by atoms with Crippen molar-refractivity contribution in [2.45, 2.75) is 16.0 Å². The minimum Gasteiger partial charge on any atom is -0.280 e. The fourth-order valence-corrected chi connectivity index (χ4v) is 4.68. The van der Waals surface area contributed by atoms with Crippen molar-refractivity contribution in [1.29, 1.82) is 0 Å². The van der Waals surface area contributed by atoms with Crippen LogP contribution < -0.4 is 9.44 Å². The van der Waals surface area contributed by atoms with Crippen molar-refractivity contribution >= 4 is 31.4 Å². The quantitative estimate of drug-likeness (QED) is 0.578. The van der Waals surface area contributed by atoms with E-state index in [4.69, 9.17) is 0 Å². The number of sulfonamides is 2. The molecule has 0 aromatic heterocycles. The molecule has 6 nitrogen and oxygen atoms in total. The molecule has 0 heterocycles. The van der Waals surface area contributed by atoms with Crippen molar-refractivity contribution in [1.82, 2.24) is 0 Å². The van der Waals surface area contributed by atoms with E-state index in [1.807, 2.05) is 0 Å². The van der Waals surface area contributed by atoms with Crippen LogP contribution in [0.4, 0.5) is 24.5 Å². The lowest BCUT2D eigenvalue weighted by Gasteiger charge is -2.13. The molecule has 0 aliphatic heterocycles. The predicted molar refractivity (Wildman–Crippen MR) is 106 cm³/mol. The molecule has 3 rings (SSSR count). The summed E-state index contributed by atoms with van der Waals surface area (Å²) in [6.07, 6.45) is -4.63. The lowest BCUT2D eigenvalue weighted by molar-refractivity contribution is -0.137. The molecule has 0 spiro atoms. The molecule has 2 N–H and O–H groups in total. The van der Waals surface area contributed by atoms with Crippen LogP contribution in [0.1, 0.15) is 5.56 Å². The lowest BCUT2D eigenvalue weighted by Crippen LogP contribution is -2.16. The van der Waals surface area contributed by atoms with Crippen LogP contribution >= 0.6 is 0 Å². The summed E-state index contributed by atoms with van der Waals surface area (Å²) in [7, 11) is -8.22. The van der Waals surface area contributed by atoms with Crippen LogP contribution in [-0.2, 0) is 26.2 Å². The third-order valence-electron chi connectivity index (χ3n) is 3.89. The topological polar surface area (TPSA) is 92.3 Å². The van der Waals surface area contributed by atoms with Gasteiger partial charge in [-0.25, -0.2) is 16.8 Å². The molecule has 0 aliphatic rings. The van der Waals surface area contributed by atoms with Gasteiger partial charge in [-0.05, 0) is 48.5 Å². The normalized spacial score (nSPS) is 12.4. The van der Waals surface area contributed by atoms with E-state index in [2.05, 4.69) is 9.44 Å². The molecule has 0 saturated carbocycles. The highest BCUT2D eigenvalue weighted by molar-refractivity contribution is 7.93. The maximum absolute atomic E-state index is 12.8. The molecule has 3 aromatic rings. The summed E-state index contributed by atoms with van der Waals surface area (Å²) in [5, 5.41) is 0. The van der Waals surface area contributed by atoms with Crippen LogP contribution in [0.5, 0.6) is 0 Å². The third-order valence-corrected chi connectivity index (χ3v) is 6.67. The molecule has 0 fully saturated rings. The van der Waals surface area contributed by atoms with Crippen LogP contribution in [0.25, 0.3) is 0 Å². The highest BCUT2D eigenvalue weighted by atomic mass is 32.2. The van der Waals surface area contributed by atoms with Gasteiger partial charge in [-0.1, -0.05) is 30.3 Å². The zero-order valence-corrected chi connectivity index (χ0v) is 16.7. The number of hydrogen-bond donors (Lipinski definition) is 2. The molecule has 0 radical (unpaired) electrons. The monoisotopic (exact) mass is 456 g/mol. The summed E-state index contributed by atoms with van der Waals surface area (Å²) < 4.78 is 92.8. The van der Waals surface area contributed by atoms with Gasteiger partial charge in [0, 0.05) is 5.69 Å². The Bertz CT molecular complexity index is 1260. The van der Waals surface area contributed by atoms with Crippen LogP contribution in [0.2, 0.25) is 0 Å². The van der Waals surface area contributed by atoms with Gasteiger partial charge in [0.2, 0.25) is 0 Å². The van der Waals surface area contributed by atoms with Gasteiger partial charge in [-0.15, -0.1) is 0 Å². The Morgan fingerprint density at radius 3 is 1.70 bits per heavy atom. The first-order valence-corrected chi connectivity index (χ1v) is 11.3. The number of rotatable bonds is 6. The number of alkyl halides is 3. The second kappa shape index (κ2) is 8.00. The zero-order valence-electron chi connectivity index (χ0n) is 15.1. The second-order valence-electron chi connectivity index (χ2n) is 6.13. The van der Waals surface area contributed by atoms with E-state index in [1.165, 1.54) is 48.5 Å². The Hall–Kier alpha value is -3.05. The maximum Gasteiger partial charge on any atom is 0.416 e. The molecular weight excluding hydrogens is 441 g/mol. The average Bonchev–Trinajstić information content (AvgIpc) is 2.68. The number of halogens is 3. The first kappa shape index (κ1) is 21.7. The van der Waals surface area contributed by atoms with Crippen LogP contribution in [0.3, 0.4) is 0 Å². The second-order valence-corrected chi connectivity index (χ2v) is 9.50. The van der Waals surface area contributed by atoms with Gasteiger partial charge in [-0.3, -0.25) is 9.44 Å². The predicted octanol–water partition coefficient (Wildman–Crippen LogP) is 4.31. The van der Waals surface area contributed by atoms with Crippen molar-refractivity contribution in [3.05, 3.63) is 84.4 Å². The van der Waals surface area contributed by atoms with Crippen molar-refractivity contribution in [2.24, 2.45) is 0 Å². The van der Waals surface area contributed by atoms with Crippen LogP contribution in [-0.4, -0.2) is 16.8 Å². The van der Waals surface area contributed by atoms with E-state index >= 15 is 0 Å². The average molecular weight is 456 g/mol. The van der Waals surface area contributed by atoms with Gasteiger partial charge < -0.3 is 0 Å². The summed E-state index contributed by atoms with van der Waals surface area (Å²) in [6, 6.07) is 16.1. The third kappa shape index (κ3) is 5.10. The van der Waals surface area contributed by atoms with Gasteiger partial charge in [0.05, 0.1) is 21.0 Å². The van der Waals surface area contributed by atoms with Crippen molar-refractivity contribution in [3.8, 4) is 0 Å². The van der Waals surface area contributed by atoms with Crippen molar-refractivity contribution in [3.63, 3.8) is 0 Å². The van der Waals surface area contributed by atoms with E-state index in [9.17, 15) is 30.0 Å². The molecule has 30 heavy (non-hydrogen) atoms. The van der Waals surface area contributed by atoms with E-state index in [0.717, 1.165) is 18.2 Å². The molecular formula is C19H15F3N2O4S2. The molecule has 0 saturated heterocycles. The molecule has 11 heteroatoms. The summed E-state index contributed by atoms with van der Waals surface area (Å²) in [4.78, 5) is -0.339. The van der Waals surface area contributed by atoms with Gasteiger partial charge >= 0.3 is 6.18 Å².